The van der Waals surface area contributed by atoms with Crippen LogP contribution in [0.1, 0.15) is 36.8 Å². The van der Waals surface area contributed by atoms with Crippen molar-refractivity contribution in [2.75, 3.05) is 12.4 Å². The van der Waals surface area contributed by atoms with Gasteiger partial charge in [0.15, 0.2) is 0 Å². The van der Waals surface area contributed by atoms with Crippen molar-refractivity contribution in [2.45, 2.75) is 38.0 Å². The summed E-state index contributed by atoms with van der Waals surface area (Å²) in [5.74, 6) is 0.664. The molecule has 1 saturated carbocycles. The zero-order chi connectivity index (χ0) is 16.3. The van der Waals surface area contributed by atoms with E-state index in [1.807, 2.05) is 6.07 Å². The van der Waals surface area contributed by atoms with Gasteiger partial charge in [0.25, 0.3) is 0 Å². The van der Waals surface area contributed by atoms with E-state index in [1.54, 1.807) is 25.6 Å². The van der Waals surface area contributed by atoms with Crippen LogP contribution in [-0.4, -0.2) is 18.0 Å². The molecule has 23 heavy (non-hydrogen) atoms. The first-order valence-electron chi connectivity index (χ1n) is 8.02. The highest BCUT2D eigenvalue weighted by molar-refractivity contribution is 6.00. The number of aryl methyl sites for hydroxylation is 1. The molecule has 0 radical (unpaired) electrons. The van der Waals surface area contributed by atoms with Crippen molar-refractivity contribution in [1.29, 1.82) is 0 Å². The van der Waals surface area contributed by atoms with E-state index < -0.39 is 5.41 Å². The van der Waals surface area contributed by atoms with Crippen LogP contribution in [0.3, 0.4) is 0 Å². The average Bonchev–Trinajstić information content (AvgIpc) is 3.06. The van der Waals surface area contributed by atoms with Crippen LogP contribution in [0.25, 0.3) is 0 Å². The zero-order valence-corrected chi connectivity index (χ0v) is 13.6. The predicted molar refractivity (Wildman–Crippen MR) is 90.7 cm³/mol. The maximum absolute atomic E-state index is 13.1. The molecule has 4 heteroatoms. The number of hydrogen-bond donors (Lipinski definition) is 1. The summed E-state index contributed by atoms with van der Waals surface area (Å²) < 4.78 is 5.31. The third kappa shape index (κ3) is 2.93. The Morgan fingerprint density at radius 3 is 2.74 bits per heavy atom. The molecule has 1 amide bonds. The van der Waals surface area contributed by atoms with Crippen LogP contribution in [0.4, 0.5) is 5.69 Å². The summed E-state index contributed by atoms with van der Waals surface area (Å²) in [6.07, 6.45) is 7.20. The normalized spacial score (nSPS) is 16.1. The smallest absolute Gasteiger partial charge is 0.235 e. The maximum atomic E-state index is 13.1. The van der Waals surface area contributed by atoms with Crippen molar-refractivity contribution >= 4 is 11.6 Å². The Morgan fingerprint density at radius 1 is 1.26 bits per heavy atom. The Hall–Kier alpha value is -2.36. The van der Waals surface area contributed by atoms with E-state index in [4.69, 9.17) is 4.74 Å². The van der Waals surface area contributed by atoms with Crippen LogP contribution in [0.2, 0.25) is 0 Å². The molecule has 0 spiro atoms. The van der Waals surface area contributed by atoms with E-state index >= 15 is 0 Å². The SMILES string of the molecule is COc1ccncc1NC(=O)C1(c2cccc(C)c2)CCCC1. The number of carbonyl (C=O) groups is 1. The molecule has 2 aromatic rings. The van der Waals surface area contributed by atoms with Gasteiger partial charge in [0, 0.05) is 12.3 Å². The van der Waals surface area contributed by atoms with Crippen LogP contribution in [0, 0.1) is 6.92 Å². The van der Waals surface area contributed by atoms with Crippen molar-refractivity contribution in [2.24, 2.45) is 0 Å². The molecule has 1 fully saturated rings. The van der Waals surface area contributed by atoms with E-state index in [2.05, 4.69) is 35.4 Å². The van der Waals surface area contributed by atoms with Crippen LogP contribution in [0.15, 0.2) is 42.7 Å². The number of aromatic nitrogens is 1. The van der Waals surface area contributed by atoms with Crippen molar-refractivity contribution in [3.05, 3.63) is 53.9 Å². The second kappa shape index (κ2) is 6.41. The summed E-state index contributed by atoms with van der Waals surface area (Å²) in [4.78, 5) is 17.2. The number of ether oxygens (including phenoxy) is 1. The van der Waals surface area contributed by atoms with Crippen LogP contribution >= 0.6 is 0 Å². The standard InChI is InChI=1S/C19H22N2O2/c1-14-6-5-7-15(12-14)19(9-3-4-10-19)18(22)21-16-13-20-11-8-17(16)23-2/h5-8,11-13H,3-4,9-10H2,1-2H3,(H,21,22). The lowest BCUT2D eigenvalue weighted by Crippen LogP contribution is -2.38. The van der Waals surface area contributed by atoms with Crippen LogP contribution in [0.5, 0.6) is 5.75 Å². The number of benzene rings is 1. The second-order valence-electron chi connectivity index (χ2n) is 6.19. The lowest BCUT2D eigenvalue weighted by molar-refractivity contribution is -0.121. The Labute approximate surface area is 136 Å². The van der Waals surface area contributed by atoms with Crippen molar-refractivity contribution < 1.29 is 9.53 Å². The Balaban J connectivity index is 1.94. The average molecular weight is 310 g/mol. The van der Waals surface area contributed by atoms with Gasteiger partial charge >= 0.3 is 0 Å². The largest absolute Gasteiger partial charge is 0.494 e. The first-order chi connectivity index (χ1) is 11.2. The number of carbonyl (C=O) groups excluding carboxylic acids is 1. The zero-order valence-electron chi connectivity index (χ0n) is 13.6. The van der Waals surface area contributed by atoms with E-state index in [0.717, 1.165) is 31.2 Å². The highest BCUT2D eigenvalue weighted by atomic mass is 16.5. The number of hydrogen-bond acceptors (Lipinski definition) is 3. The van der Waals surface area contributed by atoms with Crippen LogP contribution in [-0.2, 0) is 10.2 Å². The quantitative estimate of drug-likeness (QED) is 0.933. The van der Waals surface area contributed by atoms with Gasteiger partial charge in [-0.3, -0.25) is 9.78 Å². The highest BCUT2D eigenvalue weighted by Gasteiger charge is 2.42. The molecule has 1 N–H and O–H groups in total. The summed E-state index contributed by atoms with van der Waals surface area (Å²) in [7, 11) is 1.59. The van der Waals surface area contributed by atoms with Gasteiger partial charge < -0.3 is 10.1 Å². The minimum atomic E-state index is -0.452. The second-order valence-corrected chi connectivity index (χ2v) is 6.19. The lowest BCUT2D eigenvalue weighted by Gasteiger charge is -2.29. The van der Waals surface area contributed by atoms with Gasteiger partial charge in [-0.1, -0.05) is 42.7 Å². The lowest BCUT2D eigenvalue weighted by atomic mass is 9.77. The Kier molecular flexibility index (Phi) is 4.33. The summed E-state index contributed by atoms with van der Waals surface area (Å²) in [5, 5.41) is 3.04. The van der Waals surface area contributed by atoms with Crippen molar-refractivity contribution in [3.63, 3.8) is 0 Å². The molecule has 1 aliphatic rings. The molecule has 0 unspecified atom stereocenters. The van der Waals surface area contributed by atoms with Crippen molar-refractivity contribution in [1.82, 2.24) is 4.98 Å². The van der Waals surface area contributed by atoms with E-state index in [9.17, 15) is 4.79 Å². The molecule has 3 rings (SSSR count). The maximum Gasteiger partial charge on any atom is 0.235 e. The van der Waals surface area contributed by atoms with Gasteiger partial charge in [0.1, 0.15) is 11.4 Å². The monoisotopic (exact) mass is 310 g/mol. The number of nitrogens with one attached hydrogen (secondary N) is 1. The van der Waals surface area contributed by atoms with Gasteiger partial charge in [0.05, 0.1) is 18.7 Å². The number of anilines is 1. The topological polar surface area (TPSA) is 51.2 Å². The fourth-order valence-corrected chi connectivity index (χ4v) is 3.46. The first-order valence-corrected chi connectivity index (χ1v) is 8.02. The molecule has 1 aromatic carbocycles. The van der Waals surface area contributed by atoms with Gasteiger partial charge in [-0.25, -0.2) is 0 Å². The van der Waals surface area contributed by atoms with E-state index in [1.165, 1.54) is 5.56 Å². The third-order valence-electron chi connectivity index (χ3n) is 4.71. The fraction of sp³-hybridized carbons (Fsp3) is 0.368. The number of amides is 1. The molecule has 0 aliphatic heterocycles. The molecule has 0 saturated heterocycles. The minimum absolute atomic E-state index is 0.0342. The van der Waals surface area contributed by atoms with Crippen molar-refractivity contribution in [3.8, 4) is 5.75 Å². The fourth-order valence-electron chi connectivity index (χ4n) is 3.46. The molecular formula is C19H22N2O2. The molecule has 120 valence electrons. The summed E-state index contributed by atoms with van der Waals surface area (Å²) in [6.45, 7) is 2.06. The van der Waals surface area contributed by atoms with Gasteiger partial charge in [-0.2, -0.15) is 0 Å². The van der Waals surface area contributed by atoms with Gasteiger partial charge in [-0.05, 0) is 25.3 Å². The highest BCUT2D eigenvalue weighted by Crippen LogP contribution is 2.42. The van der Waals surface area contributed by atoms with E-state index in [0.29, 0.717) is 11.4 Å². The predicted octanol–water partition coefficient (Wildman–Crippen LogP) is 3.85. The Morgan fingerprint density at radius 2 is 2.04 bits per heavy atom. The first kappa shape index (κ1) is 15.5. The molecule has 1 aliphatic carbocycles. The molecule has 1 aromatic heterocycles. The number of methoxy groups -OCH3 is 1. The van der Waals surface area contributed by atoms with Crippen LogP contribution < -0.4 is 10.1 Å². The number of nitrogens with zero attached hydrogens (tertiary/aromatic N) is 1. The Bertz CT molecular complexity index is 706. The molecular weight excluding hydrogens is 288 g/mol. The molecule has 0 atom stereocenters. The summed E-state index contributed by atoms with van der Waals surface area (Å²) in [6, 6.07) is 10.0. The molecule has 0 bridgehead atoms. The van der Waals surface area contributed by atoms with Gasteiger partial charge in [0.2, 0.25) is 5.91 Å². The summed E-state index contributed by atoms with van der Waals surface area (Å²) in [5.41, 5.74) is 2.46. The number of rotatable bonds is 4. The minimum Gasteiger partial charge on any atom is -0.494 e. The van der Waals surface area contributed by atoms with Gasteiger partial charge in [-0.15, -0.1) is 0 Å². The summed E-state index contributed by atoms with van der Waals surface area (Å²) >= 11 is 0. The molecule has 4 nitrogen and oxygen atoms in total. The van der Waals surface area contributed by atoms with E-state index in [-0.39, 0.29) is 5.91 Å². The number of pyridine rings is 1. The molecule has 1 heterocycles. The third-order valence-corrected chi connectivity index (χ3v) is 4.71.